The standard InChI is InChI=1S/C12H7N3O3S/c13-8-9-4-3-7-14-12(9)15-10-5-1-2-6-11(10)18-19(15,16)17/h1-7H. The average molecular weight is 273 g/mol. The predicted octanol–water partition coefficient (Wildman–Crippen LogP) is 1.73. The SMILES string of the molecule is N#Cc1cccnc1N1c2ccccc2OS1(=O)=O. The Morgan fingerprint density at radius 3 is 2.79 bits per heavy atom. The zero-order chi connectivity index (χ0) is 13.5. The van der Waals surface area contributed by atoms with Crippen molar-refractivity contribution in [2.75, 3.05) is 4.31 Å². The van der Waals surface area contributed by atoms with Crippen LogP contribution in [0.1, 0.15) is 5.56 Å². The number of anilines is 2. The van der Waals surface area contributed by atoms with Crippen molar-refractivity contribution in [3.63, 3.8) is 0 Å². The van der Waals surface area contributed by atoms with Crippen LogP contribution in [0.4, 0.5) is 11.5 Å². The number of hydrogen-bond acceptors (Lipinski definition) is 5. The van der Waals surface area contributed by atoms with Gasteiger partial charge in [-0.1, -0.05) is 12.1 Å². The minimum atomic E-state index is -4.01. The molecule has 7 heteroatoms. The van der Waals surface area contributed by atoms with Crippen molar-refractivity contribution in [1.29, 1.82) is 5.26 Å². The number of rotatable bonds is 1. The molecule has 19 heavy (non-hydrogen) atoms. The van der Waals surface area contributed by atoms with Gasteiger partial charge in [-0.2, -0.15) is 18.0 Å². The van der Waals surface area contributed by atoms with Crippen LogP contribution in [0.3, 0.4) is 0 Å². The van der Waals surface area contributed by atoms with Gasteiger partial charge in [-0.05, 0) is 24.3 Å². The third kappa shape index (κ3) is 1.70. The lowest BCUT2D eigenvalue weighted by atomic mass is 10.2. The highest BCUT2D eigenvalue weighted by Crippen LogP contribution is 2.42. The van der Waals surface area contributed by atoms with Crippen molar-refractivity contribution in [3.8, 4) is 11.8 Å². The average Bonchev–Trinajstić information content (AvgIpc) is 2.68. The molecule has 0 unspecified atom stereocenters. The molecule has 0 aliphatic carbocycles. The molecule has 1 aromatic carbocycles. The van der Waals surface area contributed by atoms with Gasteiger partial charge in [0.1, 0.15) is 11.8 Å². The predicted molar refractivity (Wildman–Crippen MR) is 67.1 cm³/mol. The summed E-state index contributed by atoms with van der Waals surface area (Å²) in [5, 5.41) is 9.04. The van der Waals surface area contributed by atoms with Crippen LogP contribution in [-0.4, -0.2) is 13.4 Å². The maximum atomic E-state index is 12.0. The minimum absolute atomic E-state index is 0.0370. The number of hydrogen-bond donors (Lipinski definition) is 0. The second kappa shape index (κ2) is 3.96. The molecule has 0 spiro atoms. The number of nitriles is 1. The van der Waals surface area contributed by atoms with Gasteiger partial charge < -0.3 is 4.18 Å². The third-order valence-corrected chi connectivity index (χ3v) is 3.81. The molecule has 3 rings (SSSR count). The van der Waals surface area contributed by atoms with E-state index in [0.717, 1.165) is 4.31 Å². The van der Waals surface area contributed by atoms with E-state index < -0.39 is 10.3 Å². The quantitative estimate of drug-likeness (QED) is 0.790. The van der Waals surface area contributed by atoms with Gasteiger partial charge in [-0.3, -0.25) is 0 Å². The van der Waals surface area contributed by atoms with E-state index in [4.69, 9.17) is 9.44 Å². The molecule has 0 radical (unpaired) electrons. The number of para-hydroxylation sites is 2. The van der Waals surface area contributed by atoms with E-state index in [1.807, 2.05) is 6.07 Å². The van der Waals surface area contributed by atoms with Crippen LogP contribution in [0.25, 0.3) is 0 Å². The second-order valence-electron chi connectivity index (χ2n) is 3.76. The van der Waals surface area contributed by atoms with Gasteiger partial charge in [-0.25, -0.2) is 4.98 Å². The monoisotopic (exact) mass is 273 g/mol. The second-order valence-corrected chi connectivity index (χ2v) is 5.15. The molecule has 0 N–H and O–H groups in total. The van der Waals surface area contributed by atoms with Gasteiger partial charge in [0.05, 0.1) is 5.56 Å². The summed E-state index contributed by atoms with van der Waals surface area (Å²) in [6, 6.07) is 11.5. The minimum Gasteiger partial charge on any atom is -0.364 e. The van der Waals surface area contributed by atoms with Gasteiger partial charge in [0.2, 0.25) is 0 Å². The smallest absolute Gasteiger partial charge is 0.364 e. The summed E-state index contributed by atoms with van der Waals surface area (Å²) < 4.78 is 29.9. The molecule has 1 aliphatic rings. The van der Waals surface area contributed by atoms with E-state index in [2.05, 4.69) is 4.98 Å². The fourth-order valence-corrected chi connectivity index (χ4v) is 3.02. The normalized spacial score (nSPS) is 15.4. The van der Waals surface area contributed by atoms with Crippen LogP contribution in [0.5, 0.6) is 5.75 Å². The van der Waals surface area contributed by atoms with Gasteiger partial charge in [0.25, 0.3) is 0 Å². The first kappa shape index (κ1) is 11.5. The highest BCUT2D eigenvalue weighted by Gasteiger charge is 2.38. The van der Waals surface area contributed by atoms with E-state index >= 15 is 0 Å². The Bertz CT molecular complexity index is 796. The molecule has 2 heterocycles. The molecule has 1 aromatic heterocycles. The number of benzene rings is 1. The summed E-state index contributed by atoms with van der Waals surface area (Å²) in [5.74, 6) is 0.256. The van der Waals surface area contributed by atoms with Gasteiger partial charge in [-0.15, -0.1) is 0 Å². The van der Waals surface area contributed by atoms with Gasteiger partial charge in [0, 0.05) is 6.20 Å². The maximum Gasteiger partial charge on any atom is 0.415 e. The highest BCUT2D eigenvalue weighted by molar-refractivity contribution is 7.89. The molecule has 2 aromatic rings. The maximum absolute atomic E-state index is 12.0. The number of pyridine rings is 1. The van der Waals surface area contributed by atoms with Crippen LogP contribution < -0.4 is 8.49 Å². The molecular formula is C12H7N3O3S. The Labute approximate surface area is 109 Å². The van der Waals surface area contributed by atoms with E-state index in [1.54, 1.807) is 30.3 Å². The summed E-state index contributed by atoms with van der Waals surface area (Å²) in [6.45, 7) is 0. The molecule has 1 aliphatic heterocycles. The first-order chi connectivity index (χ1) is 9.13. The zero-order valence-electron chi connectivity index (χ0n) is 9.52. The zero-order valence-corrected chi connectivity index (χ0v) is 10.3. The molecule has 0 saturated carbocycles. The summed E-state index contributed by atoms with van der Waals surface area (Å²) in [7, 11) is -4.01. The highest BCUT2D eigenvalue weighted by atomic mass is 32.2. The first-order valence-electron chi connectivity index (χ1n) is 5.32. The fraction of sp³-hybridized carbons (Fsp3) is 0. The fourth-order valence-electron chi connectivity index (χ4n) is 1.83. The summed E-state index contributed by atoms with van der Waals surface area (Å²) in [4.78, 5) is 3.97. The van der Waals surface area contributed by atoms with Crippen molar-refractivity contribution >= 4 is 21.8 Å². The summed E-state index contributed by atoms with van der Waals surface area (Å²) in [6.07, 6.45) is 1.42. The number of nitrogens with zero attached hydrogens (tertiary/aromatic N) is 3. The van der Waals surface area contributed by atoms with E-state index in [1.165, 1.54) is 12.3 Å². The molecular weight excluding hydrogens is 266 g/mol. The van der Waals surface area contributed by atoms with Crippen LogP contribution in [0, 0.1) is 11.3 Å². The Morgan fingerprint density at radius 1 is 1.21 bits per heavy atom. The number of aromatic nitrogens is 1. The van der Waals surface area contributed by atoms with Crippen molar-refractivity contribution in [3.05, 3.63) is 48.2 Å². The van der Waals surface area contributed by atoms with Crippen LogP contribution in [0.15, 0.2) is 42.6 Å². The van der Waals surface area contributed by atoms with Crippen LogP contribution in [-0.2, 0) is 10.3 Å². The Morgan fingerprint density at radius 2 is 2.00 bits per heavy atom. The number of fused-ring (bicyclic) bond motifs is 1. The van der Waals surface area contributed by atoms with Crippen molar-refractivity contribution in [2.24, 2.45) is 0 Å². The Hall–Kier alpha value is -2.59. The molecule has 0 saturated heterocycles. The lowest BCUT2D eigenvalue weighted by molar-refractivity contribution is 0.499. The summed E-state index contributed by atoms with van der Waals surface area (Å²) in [5.41, 5.74) is 0.504. The Kier molecular flexibility index (Phi) is 2.40. The van der Waals surface area contributed by atoms with Gasteiger partial charge in [0.15, 0.2) is 11.6 Å². The van der Waals surface area contributed by atoms with Crippen LogP contribution in [0.2, 0.25) is 0 Å². The largest absolute Gasteiger partial charge is 0.415 e. The van der Waals surface area contributed by atoms with Crippen molar-refractivity contribution in [1.82, 2.24) is 4.98 Å². The topological polar surface area (TPSA) is 83.3 Å². The molecule has 0 bridgehead atoms. The molecule has 0 fully saturated rings. The molecule has 0 atom stereocenters. The Balaban J connectivity index is 2.28. The van der Waals surface area contributed by atoms with E-state index in [0.29, 0.717) is 5.69 Å². The van der Waals surface area contributed by atoms with Gasteiger partial charge >= 0.3 is 10.3 Å². The third-order valence-electron chi connectivity index (χ3n) is 2.60. The lowest BCUT2D eigenvalue weighted by Crippen LogP contribution is -2.25. The lowest BCUT2D eigenvalue weighted by Gasteiger charge is -2.14. The molecule has 94 valence electrons. The first-order valence-corrected chi connectivity index (χ1v) is 6.69. The van der Waals surface area contributed by atoms with Crippen LogP contribution >= 0.6 is 0 Å². The van der Waals surface area contributed by atoms with Crippen molar-refractivity contribution in [2.45, 2.75) is 0 Å². The van der Waals surface area contributed by atoms with E-state index in [-0.39, 0.29) is 17.1 Å². The molecule has 0 amide bonds. The summed E-state index contributed by atoms with van der Waals surface area (Å²) >= 11 is 0. The van der Waals surface area contributed by atoms with E-state index in [9.17, 15) is 8.42 Å². The molecule has 6 nitrogen and oxygen atoms in total. The van der Waals surface area contributed by atoms with Crippen molar-refractivity contribution < 1.29 is 12.6 Å².